The van der Waals surface area contributed by atoms with Gasteiger partial charge in [-0.2, -0.15) is 4.31 Å². The average molecular weight is 397 g/mol. The van der Waals surface area contributed by atoms with E-state index < -0.39 is 10.0 Å². The number of sulfonamides is 1. The van der Waals surface area contributed by atoms with Crippen LogP contribution in [0.5, 0.6) is 5.75 Å². The molecule has 8 nitrogen and oxygen atoms in total. The Labute approximate surface area is 160 Å². The van der Waals surface area contributed by atoms with Crippen molar-refractivity contribution in [2.24, 2.45) is 0 Å². The molecule has 27 heavy (non-hydrogen) atoms. The first kappa shape index (κ1) is 19.9. The van der Waals surface area contributed by atoms with Gasteiger partial charge < -0.3 is 19.7 Å². The number of carbonyl (C=O) groups is 1. The summed E-state index contributed by atoms with van der Waals surface area (Å²) in [6.07, 6.45) is 2.04. The van der Waals surface area contributed by atoms with Gasteiger partial charge in [0.1, 0.15) is 5.75 Å². The zero-order chi connectivity index (χ0) is 19.4. The van der Waals surface area contributed by atoms with Crippen LogP contribution in [0, 0.1) is 0 Å². The number of rotatable bonds is 5. The van der Waals surface area contributed by atoms with Gasteiger partial charge in [0.05, 0.1) is 24.2 Å². The molecule has 2 amide bonds. The van der Waals surface area contributed by atoms with Crippen LogP contribution in [0.2, 0.25) is 0 Å². The summed E-state index contributed by atoms with van der Waals surface area (Å²) in [7, 11) is -2.04. The number of benzene rings is 1. The summed E-state index contributed by atoms with van der Waals surface area (Å²) in [4.78, 5) is 14.3. The smallest absolute Gasteiger partial charge is 0.317 e. The SMILES string of the molecule is COc1ccc(S(=O)(=O)N2CCN(C(=O)N[C@H](C)[C@@H]3CCCO3)CC2)cc1. The highest BCUT2D eigenvalue weighted by Gasteiger charge is 2.31. The minimum absolute atomic E-state index is 0.0546. The third-order valence-electron chi connectivity index (χ3n) is 5.10. The molecule has 0 aliphatic carbocycles. The van der Waals surface area contributed by atoms with E-state index in [2.05, 4.69) is 5.32 Å². The van der Waals surface area contributed by atoms with E-state index in [0.717, 1.165) is 19.4 Å². The van der Waals surface area contributed by atoms with Crippen molar-refractivity contribution in [2.75, 3.05) is 39.9 Å². The fraction of sp³-hybridized carbons (Fsp3) is 0.611. The molecular weight excluding hydrogens is 370 g/mol. The van der Waals surface area contributed by atoms with E-state index in [1.807, 2.05) is 6.92 Å². The molecule has 2 aliphatic heterocycles. The molecule has 1 N–H and O–H groups in total. The van der Waals surface area contributed by atoms with Crippen molar-refractivity contribution in [1.29, 1.82) is 0 Å². The Bertz CT molecular complexity index is 739. The summed E-state index contributed by atoms with van der Waals surface area (Å²) in [6, 6.07) is 6.11. The first-order valence-electron chi connectivity index (χ1n) is 9.23. The zero-order valence-electron chi connectivity index (χ0n) is 15.8. The fourth-order valence-corrected chi connectivity index (χ4v) is 4.83. The number of hydrogen-bond acceptors (Lipinski definition) is 5. The lowest BCUT2D eigenvalue weighted by molar-refractivity contribution is 0.0821. The van der Waals surface area contributed by atoms with Gasteiger partial charge in [0.2, 0.25) is 10.0 Å². The van der Waals surface area contributed by atoms with Crippen LogP contribution in [0.4, 0.5) is 4.79 Å². The van der Waals surface area contributed by atoms with E-state index in [9.17, 15) is 13.2 Å². The van der Waals surface area contributed by atoms with Crippen molar-refractivity contribution < 1.29 is 22.7 Å². The molecule has 0 saturated carbocycles. The third kappa shape index (κ3) is 4.53. The second-order valence-corrected chi connectivity index (χ2v) is 8.79. The Kier molecular flexibility index (Phi) is 6.23. The summed E-state index contributed by atoms with van der Waals surface area (Å²) >= 11 is 0. The van der Waals surface area contributed by atoms with Crippen LogP contribution in [0.15, 0.2) is 29.2 Å². The lowest BCUT2D eigenvalue weighted by Crippen LogP contribution is -2.55. The number of amides is 2. The molecule has 2 saturated heterocycles. The van der Waals surface area contributed by atoms with Crippen molar-refractivity contribution in [3.63, 3.8) is 0 Å². The maximum absolute atomic E-state index is 12.8. The van der Waals surface area contributed by atoms with E-state index in [0.29, 0.717) is 18.8 Å². The van der Waals surface area contributed by atoms with Crippen molar-refractivity contribution in [1.82, 2.24) is 14.5 Å². The van der Waals surface area contributed by atoms with Gasteiger partial charge in [-0.1, -0.05) is 0 Å². The Morgan fingerprint density at radius 2 is 1.89 bits per heavy atom. The number of ether oxygens (including phenoxy) is 2. The number of nitrogens with zero attached hydrogens (tertiary/aromatic N) is 2. The van der Waals surface area contributed by atoms with Gasteiger partial charge in [-0.15, -0.1) is 0 Å². The molecule has 2 atom stereocenters. The predicted molar refractivity (Wildman–Crippen MR) is 100 cm³/mol. The van der Waals surface area contributed by atoms with Crippen molar-refractivity contribution in [2.45, 2.75) is 36.8 Å². The zero-order valence-corrected chi connectivity index (χ0v) is 16.6. The molecule has 2 heterocycles. The maximum atomic E-state index is 12.8. The quantitative estimate of drug-likeness (QED) is 0.809. The van der Waals surface area contributed by atoms with Crippen molar-refractivity contribution >= 4 is 16.1 Å². The molecule has 0 aromatic heterocycles. The van der Waals surface area contributed by atoms with E-state index in [1.165, 1.54) is 23.5 Å². The lowest BCUT2D eigenvalue weighted by atomic mass is 10.1. The van der Waals surface area contributed by atoms with E-state index in [-0.39, 0.29) is 36.2 Å². The van der Waals surface area contributed by atoms with Crippen LogP contribution in [0.1, 0.15) is 19.8 Å². The standard InChI is InChI=1S/C18H27N3O5S/c1-14(17-4-3-13-26-17)19-18(22)20-9-11-21(12-10-20)27(23,24)16-7-5-15(25-2)6-8-16/h5-8,14,17H,3-4,9-13H2,1-2H3,(H,19,22)/t14-,17+/m1/s1. The Morgan fingerprint density at radius 3 is 2.44 bits per heavy atom. The van der Waals surface area contributed by atoms with Gasteiger partial charge in [-0.25, -0.2) is 13.2 Å². The van der Waals surface area contributed by atoms with Crippen LogP contribution < -0.4 is 10.1 Å². The van der Waals surface area contributed by atoms with E-state index in [1.54, 1.807) is 17.0 Å². The number of nitrogens with one attached hydrogen (secondary N) is 1. The van der Waals surface area contributed by atoms with Crippen LogP contribution in [-0.4, -0.2) is 75.7 Å². The first-order chi connectivity index (χ1) is 12.9. The number of carbonyl (C=O) groups excluding carboxylic acids is 1. The molecule has 0 bridgehead atoms. The minimum Gasteiger partial charge on any atom is -0.497 e. The largest absolute Gasteiger partial charge is 0.497 e. The highest BCUT2D eigenvalue weighted by atomic mass is 32.2. The molecular formula is C18H27N3O5S. The van der Waals surface area contributed by atoms with Gasteiger partial charge in [-0.3, -0.25) is 0 Å². The summed E-state index contributed by atoms with van der Waals surface area (Å²) in [5, 5.41) is 2.97. The van der Waals surface area contributed by atoms with Gasteiger partial charge in [0, 0.05) is 32.8 Å². The number of methoxy groups -OCH3 is 1. The summed E-state index contributed by atoms with van der Waals surface area (Å²) in [5.74, 6) is 0.607. The molecule has 1 aromatic rings. The molecule has 1 aromatic carbocycles. The Morgan fingerprint density at radius 1 is 1.22 bits per heavy atom. The normalized spacial score (nSPS) is 22.4. The van der Waals surface area contributed by atoms with Gasteiger partial charge in [0.15, 0.2) is 0 Å². The average Bonchev–Trinajstić information content (AvgIpc) is 3.23. The predicted octanol–water partition coefficient (Wildman–Crippen LogP) is 1.28. The van der Waals surface area contributed by atoms with Gasteiger partial charge >= 0.3 is 6.03 Å². The molecule has 2 aliphatic rings. The van der Waals surface area contributed by atoms with Gasteiger partial charge in [0.25, 0.3) is 0 Å². The highest BCUT2D eigenvalue weighted by molar-refractivity contribution is 7.89. The molecule has 9 heteroatoms. The molecule has 0 unspecified atom stereocenters. The first-order valence-corrected chi connectivity index (χ1v) is 10.7. The van der Waals surface area contributed by atoms with E-state index in [4.69, 9.17) is 9.47 Å². The van der Waals surface area contributed by atoms with Crippen molar-refractivity contribution in [3.05, 3.63) is 24.3 Å². The maximum Gasteiger partial charge on any atom is 0.317 e. The Balaban J connectivity index is 1.54. The minimum atomic E-state index is -3.57. The molecule has 2 fully saturated rings. The summed E-state index contributed by atoms with van der Waals surface area (Å²) < 4.78 is 37.6. The lowest BCUT2D eigenvalue weighted by Gasteiger charge is -2.35. The fourth-order valence-electron chi connectivity index (χ4n) is 3.40. The van der Waals surface area contributed by atoms with Crippen LogP contribution in [-0.2, 0) is 14.8 Å². The summed E-state index contributed by atoms with van der Waals surface area (Å²) in [6.45, 7) is 3.95. The Hall–Kier alpha value is -1.84. The molecule has 150 valence electrons. The van der Waals surface area contributed by atoms with Crippen molar-refractivity contribution in [3.8, 4) is 5.75 Å². The van der Waals surface area contributed by atoms with Gasteiger partial charge in [-0.05, 0) is 44.0 Å². The monoisotopic (exact) mass is 397 g/mol. The molecule has 0 radical (unpaired) electrons. The van der Waals surface area contributed by atoms with E-state index >= 15 is 0 Å². The highest BCUT2D eigenvalue weighted by Crippen LogP contribution is 2.21. The number of urea groups is 1. The van der Waals surface area contributed by atoms with Crippen LogP contribution in [0.3, 0.4) is 0 Å². The number of piperazine rings is 1. The second-order valence-electron chi connectivity index (χ2n) is 6.86. The number of hydrogen-bond donors (Lipinski definition) is 1. The molecule has 0 spiro atoms. The summed E-state index contributed by atoms with van der Waals surface area (Å²) in [5.41, 5.74) is 0. The topological polar surface area (TPSA) is 88.2 Å². The second kappa shape index (κ2) is 8.45. The third-order valence-corrected chi connectivity index (χ3v) is 7.01. The molecule has 3 rings (SSSR count). The van der Waals surface area contributed by atoms with Crippen LogP contribution >= 0.6 is 0 Å². The van der Waals surface area contributed by atoms with Crippen LogP contribution in [0.25, 0.3) is 0 Å².